The molecule has 2 heteroatoms. The number of benzene rings is 6. The molecule has 0 atom stereocenters. The first-order valence-electron chi connectivity index (χ1n) is 13.6. The van der Waals surface area contributed by atoms with Crippen molar-refractivity contribution >= 4 is 11.4 Å². The number of nitrogens with two attached hydrogens (primary N) is 2. The van der Waals surface area contributed by atoms with Crippen LogP contribution in [0.3, 0.4) is 0 Å². The van der Waals surface area contributed by atoms with E-state index in [1.54, 1.807) is 0 Å². The first-order chi connectivity index (χ1) is 19.5. The molecule has 0 aromatic heterocycles. The second-order valence-corrected chi connectivity index (χ2v) is 10.3. The summed E-state index contributed by atoms with van der Waals surface area (Å²) in [6, 6.07) is 46.7. The Hall–Kier alpha value is -5.08. The fourth-order valence-corrected chi connectivity index (χ4v) is 5.72. The van der Waals surface area contributed by atoms with Crippen molar-refractivity contribution in [3.05, 3.63) is 145 Å². The van der Waals surface area contributed by atoms with Crippen molar-refractivity contribution in [1.29, 1.82) is 0 Å². The van der Waals surface area contributed by atoms with Gasteiger partial charge in [0.15, 0.2) is 0 Å². The second kappa shape index (κ2) is 10.6. The fourth-order valence-electron chi connectivity index (χ4n) is 5.72. The molecular weight excluding hydrogens is 484 g/mol. The van der Waals surface area contributed by atoms with E-state index in [1.165, 1.54) is 11.1 Å². The van der Waals surface area contributed by atoms with Crippen LogP contribution in [0.15, 0.2) is 133 Å². The largest absolute Gasteiger partial charge is 0.397 e. The van der Waals surface area contributed by atoms with Gasteiger partial charge in [0.05, 0.1) is 11.4 Å². The summed E-state index contributed by atoms with van der Waals surface area (Å²) >= 11 is 0. The molecule has 4 N–H and O–H groups in total. The average molecular weight is 517 g/mol. The van der Waals surface area contributed by atoms with Crippen LogP contribution in [-0.4, -0.2) is 0 Å². The van der Waals surface area contributed by atoms with E-state index in [1.807, 2.05) is 24.3 Å². The Bertz CT molecular complexity index is 1820. The van der Waals surface area contributed by atoms with Gasteiger partial charge in [-0.2, -0.15) is 0 Å². The molecule has 0 aliphatic heterocycles. The normalized spacial score (nSPS) is 10.9. The van der Waals surface area contributed by atoms with Gasteiger partial charge < -0.3 is 11.5 Å². The highest BCUT2D eigenvalue weighted by Crippen LogP contribution is 2.53. The van der Waals surface area contributed by atoms with Gasteiger partial charge in [-0.25, -0.2) is 0 Å². The van der Waals surface area contributed by atoms with Crippen molar-refractivity contribution in [2.24, 2.45) is 0 Å². The molecule has 0 amide bonds. The molecule has 0 aliphatic carbocycles. The van der Waals surface area contributed by atoms with E-state index in [9.17, 15) is 0 Å². The molecule has 6 aromatic rings. The van der Waals surface area contributed by atoms with Gasteiger partial charge in [-0.05, 0) is 47.2 Å². The molecule has 0 saturated carbocycles. The lowest BCUT2D eigenvalue weighted by molar-refractivity contribution is 1.45. The van der Waals surface area contributed by atoms with Gasteiger partial charge in [0, 0.05) is 22.3 Å². The Kier molecular flexibility index (Phi) is 6.67. The van der Waals surface area contributed by atoms with Crippen molar-refractivity contribution in [2.75, 3.05) is 11.5 Å². The van der Waals surface area contributed by atoms with Gasteiger partial charge in [0.1, 0.15) is 0 Å². The minimum Gasteiger partial charge on any atom is -0.397 e. The minimum atomic E-state index is 0.593. The molecule has 40 heavy (non-hydrogen) atoms. The van der Waals surface area contributed by atoms with Gasteiger partial charge in [-0.1, -0.05) is 145 Å². The van der Waals surface area contributed by atoms with Gasteiger partial charge >= 0.3 is 0 Å². The first-order valence-corrected chi connectivity index (χ1v) is 13.6. The predicted molar refractivity (Wildman–Crippen MR) is 172 cm³/mol. The standard InChI is InChI=1S/C38H32N2/c1-25-13-11-19-29(23-25)31-21-9-10-22-32(31)36-34(30-20-12-14-26(2)24-30)33(27-15-5-3-6-16-27)35(37(39)38(36)40)28-17-7-4-8-18-28/h3-24H,39-40H2,1-2H3. The summed E-state index contributed by atoms with van der Waals surface area (Å²) < 4.78 is 0. The Labute approximate surface area is 236 Å². The number of anilines is 2. The topological polar surface area (TPSA) is 52.0 Å². The summed E-state index contributed by atoms with van der Waals surface area (Å²) in [6.45, 7) is 4.25. The molecule has 0 bridgehead atoms. The molecule has 0 spiro atoms. The summed E-state index contributed by atoms with van der Waals surface area (Å²) in [7, 11) is 0. The highest BCUT2D eigenvalue weighted by molar-refractivity contribution is 6.13. The van der Waals surface area contributed by atoms with Crippen molar-refractivity contribution in [3.8, 4) is 55.6 Å². The van der Waals surface area contributed by atoms with E-state index in [2.05, 4.69) is 123 Å². The minimum absolute atomic E-state index is 0.593. The van der Waals surface area contributed by atoms with E-state index in [4.69, 9.17) is 11.5 Å². The lowest BCUT2D eigenvalue weighted by Gasteiger charge is -2.26. The van der Waals surface area contributed by atoms with Crippen LogP contribution < -0.4 is 11.5 Å². The Morgan fingerprint density at radius 2 is 0.775 bits per heavy atom. The van der Waals surface area contributed by atoms with Gasteiger partial charge in [-0.15, -0.1) is 0 Å². The number of nitrogen functional groups attached to an aromatic ring is 2. The van der Waals surface area contributed by atoms with Gasteiger partial charge in [-0.3, -0.25) is 0 Å². The van der Waals surface area contributed by atoms with Crippen LogP contribution in [0.2, 0.25) is 0 Å². The average Bonchev–Trinajstić information content (AvgIpc) is 2.99. The highest BCUT2D eigenvalue weighted by Gasteiger charge is 2.26. The van der Waals surface area contributed by atoms with E-state index >= 15 is 0 Å². The maximum Gasteiger partial charge on any atom is 0.0640 e. The molecule has 194 valence electrons. The van der Waals surface area contributed by atoms with Crippen LogP contribution in [0.4, 0.5) is 11.4 Å². The fraction of sp³-hybridized carbons (Fsp3) is 0.0526. The Balaban J connectivity index is 1.82. The SMILES string of the molecule is Cc1cccc(-c2ccccc2-c2c(N)c(N)c(-c3ccccc3)c(-c3ccccc3)c2-c2cccc(C)c2)c1. The summed E-state index contributed by atoms with van der Waals surface area (Å²) in [4.78, 5) is 0. The zero-order chi connectivity index (χ0) is 27.6. The van der Waals surface area contributed by atoms with Crippen molar-refractivity contribution in [3.63, 3.8) is 0 Å². The molecule has 0 radical (unpaired) electrons. The van der Waals surface area contributed by atoms with E-state index in [0.717, 1.165) is 55.6 Å². The zero-order valence-electron chi connectivity index (χ0n) is 22.9. The van der Waals surface area contributed by atoms with Crippen molar-refractivity contribution < 1.29 is 0 Å². The van der Waals surface area contributed by atoms with Crippen LogP contribution in [0.5, 0.6) is 0 Å². The first kappa shape index (κ1) is 25.2. The maximum absolute atomic E-state index is 7.13. The van der Waals surface area contributed by atoms with Crippen LogP contribution in [0.1, 0.15) is 11.1 Å². The molecule has 0 heterocycles. The summed E-state index contributed by atoms with van der Waals surface area (Å²) in [5.41, 5.74) is 28.4. The number of aryl methyl sites for hydroxylation is 2. The molecule has 0 aliphatic rings. The second-order valence-electron chi connectivity index (χ2n) is 10.3. The lowest BCUT2D eigenvalue weighted by Crippen LogP contribution is -2.06. The Morgan fingerprint density at radius 1 is 0.350 bits per heavy atom. The van der Waals surface area contributed by atoms with Crippen LogP contribution in [-0.2, 0) is 0 Å². The zero-order valence-corrected chi connectivity index (χ0v) is 22.9. The molecule has 0 fully saturated rings. The lowest BCUT2D eigenvalue weighted by atomic mass is 9.79. The molecular formula is C38H32N2. The molecule has 2 nitrogen and oxygen atoms in total. The summed E-state index contributed by atoms with van der Waals surface area (Å²) in [5, 5.41) is 0. The van der Waals surface area contributed by atoms with Gasteiger partial charge in [0.25, 0.3) is 0 Å². The van der Waals surface area contributed by atoms with Crippen LogP contribution in [0.25, 0.3) is 55.6 Å². The number of hydrogen-bond donors (Lipinski definition) is 2. The Morgan fingerprint density at radius 3 is 1.38 bits per heavy atom. The molecule has 0 unspecified atom stereocenters. The predicted octanol–water partition coefficient (Wildman–Crippen LogP) is 9.80. The van der Waals surface area contributed by atoms with E-state index < -0.39 is 0 Å². The third-order valence-electron chi connectivity index (χ3n) is 7.54. The monoisotopic (exact) mass is 516 g/mol. The van der Waals surface area contributed by atoms with E-state index in [0.29, 0.717) is 11.4 Å². The van der Waals surface area contributed by atoms with Crippen molar-refractivity contribution in [2.45, 2.75) is 13.8 Å². The van der Waals surface area contributed by atoms with Crippen LogP contribution in [0, 0.1) is 13.8 Å². The smallest absolute Gasteiger partial charge is 0.0640 e. The third-order valence-corrected chi connectivity index (χ3v) is 7.54. The molecule has 6 aromatic carbocycles. The van der Waals surface area contributed by atoms with Crippen molar-refractivity contribution in [1.82, 2.24) is 0 Å². The van der Waals surface area contributed by atoms with E-state index in [-0.39, 0.29) is 0 Å². The summed E-state index contributed by atoms with van der Waals surface area (Å²) in [6.07, 6.45) is 0. The van der Waals surface area contributed by atoms with Gasteiger partial charge in [0.2, 0.25) is 0 Å². The number of hydrogen-bond acceptors (Lipinski definition) is 2. The highest BCUT2D eigenvalue weighted by atomic mass is 14.7. The quantitative estimate of drug-likeness (QED) is 0.224. The number of rotatable bonds is 5. The maximum atomic E-state index is 7.13. The molecule has 6 rings (SSSR count). The van der Waals surface area contributed by atoms with Crippen LogP contribution >= 0.6 is 0 Å². The molecule has 0 saturated heterocycles. The summed E-state index contributed by atoms with van der Waals surface area (Å²) in [5.74, 6) is 0. The third kappa shape index (κ3) is 4.54.